The van der Waals surface area contributed by atoms with Crippen LogP contribution in [0.4, 0.5) is 33.9 Å². The minimum Gasteiger partial charge on any atom is -0.361 e. The van der Waals surface area contributed by atoms with E-state index in [-0.39, 0.29) is 11.5 Å². The van der Waals surface area contributed by atoms with Gasteiger partial charge in [-0.3, -0.25) is 4.90 Å². The number of rotatable bonds is 6. The summed E-state index contributed by atoms with van der Waals surface area (Å²) in [6.45, 7) is 2.66. The number of hydrogen-bond acceptors (Lipinski definition) is 3. The van der Waals surface area contributed by atoms with Crippen LogP contribution < -0.4 is 10.2 Å². The average Bonchev–Trinajstić information content (AvgIpc) is 3.32. The number of carbonyl (C=O) groups is 1. The molecule has 0 aliphatic carbocycles. The van der Waals surface area contributed by atoms with E-state index in [0.717, 1.165) is 49.0 Å². The number of H-pyrrole nitrogens is 1. The van der Waals surface area contributed by atoms with Crippen molar-refractivity contribution < 1.29 is 22.4 Å². The highest BCUT2D eigenvalue weighted by atomic mass is 19.4. The van der Waals surface area contributed by atoms with E-state index in [1.54, 1.807) is 24.4 Å². The van der Waals surface area contributed by atoms with Crippen LogP contribution in [0.1, 0.15) is 29.9 Å². The SMILES string of the molecule is O=C(Nc1ccc(C(F)(F)F)cc1)N(CCN1CCC(c2c[nH]c3cc(F)ccc23)CC1)c1ccccn1. The molecule has 4 aromatic rings. The van der Waals surface area contributed by atoms with Crippen molar-refractivity contribution in [2.45, 2.75) is 24.9 Å². The molecule has 10 heteroatoms. The lowest BCUT2D eigenvalue weighted by Crippen LogP contribution is -2.43. The lowest BCUT2D eigenvalue weighted by Gasteiger charge is -2.33. The highest BCUT2D eigenvalue weighted by Crippen LogP contribution is 2.33. The first-order valence-electron chi connectivity index (χ1n) is 12.4. The Kier molecular flexibility index (Phi) is 7.33. The summed E-state index contributed by atoms with van der Waals surface area (Å²) in [5, 5.41) is 3.73. The van der Waals surface area contributed by atoms with Gasteiger partial charge in [-0.15, -0.1) is 0 Å². The number of likely N-dealkylation sites (tertiary alicyclic amines) is 1. The summed E-state index contributed by atoms with van der Waals surface area (Å²) < 4.78 is 52.2. The zero-order valence-electron chi connectivity index (χ0n) is 20.5. The van der Waals surface area contributed by atoms with Gasteiger partial charge >= 0.3 is 12.2 Å². The van der Waals surface area contributed by atoms with Gasteiger partial charge in [0.05, 0.1) is 5.56 Å². The van der Waals surface area contributed by atoms with Crippen molar-refractivity contribution in [1.82, 2.24) is 14.9 Å². The Morgan fingerprint density at radius 1 is 1.08 bits per heavy atom. The summed E-state index contributed by atoms with van der Waals surface area (Å²) >= 11 is 0. The zero-order valence-corrected chi connectivity index (χ0v) is 20.5. The minimum absolute atomic E-state index is 0.263. The third-order valence-electron chi connectivity index (χ3n) is 6.98. The van der Waals surface area contributed by atoms with Crippen molar-refractivity contribution in [2.24, 2.45) is 0 Å². The highest BCUT2D eigenvalue weighted by Gasteiger charge is 2.30. The number of halogens is 4. The van der Waals surface area contributed by atoms with Crippen LogP contribution in [0.25, 0.3) is 10.9 Å². The Labute approximate surface area is 217 Å². The summed E-state index contributed by atoms with van der Waals surface area (Å²) in [5.41, 5.74) is 1.49. The fourth-order valence-corrected chi connectivity index (χ4v) is 4.93. The van der Waals surface area contributed by atoms with E-state index in [1.807, 2.05) is 12.3 Å². The molecule has 5 rings (SSSR count). The van der Waals surface area contributed by atoms with Crippen molar-refractivity contribution in [3.05, 3.63) is 90.0 Å². The minimum atomic E-state index is -4.44. The number of fused-ring (bicyclic) bond motifs is 1. The highest BCUT2D eigenvalue weighted by molar-refractivity contribution is 6.01. The Hall–Kier alpha value is -3.92. The van der Waals surface area contributed by atoms with Crippen LogP contribution in [0.3, 0.4) is 0 Å². The van der Waals surface area contributed by atoms with E-state index in [9.17, 15) is 22.4 Å². The maximum atomic E-state index is 13.5. The number of piperidine rings is 1. The van der Waals surface area contributed by atoms with Crippen LogP contribution in [0.5, 0.6) is 0 Å². The van der Waals surface area contributed by atoms with Crippen LogP contribution >= 0.6 is 0 Å². The largest absolute Gasteiger partial charge is 0.416 e. The molecular weight excluding hydrogens is 498 g/mol. The molecule has 2 N–H and O–H groups in total. The van der Waals surface area contributed by atoms with E-state index in [4.69, 9.17) is 0 Å². The molecule has 1 aliphatic heterocycles. The first-order valence-corrected chi connectivity index (χ1v) is 12.4. The molecule has 2 aromatic heterocycles. The number of amides is 2. The molecule has 0 saturated carbocycles. The average molecular weight is 526 g/mol. The van der Waals surface area contributed by atoms with E-state index in [1.165, 1.54) is 34.7 Å². The quantitative estimate of drug-likeness (QED) is 0.278. The molecule has 1 fully saturated rings. The third kappa shape index (κ3) is 5.80. The van der Waals surface area contributed by atoms with Gasteiger partial charge in [-0.05, 0) is 92.0 Å². The van der Waals surface area contributed by atoms with Gasteiger partial charge in [0.2, 0.25) is 0 Å². The predicted octanol–water partition coefficient (Wildman–Crippen LogP) is 6.64. The smallest absolute Gasteiger partial charge is 0.361 e. The fourth-order valence-electron chi connectivity index (χ4n) is 4.93. The molecule has 0 radical (unpaired) electrons. The fraction of sp³-hybridized carbons (Fsp3) is 0.286. The van der Waals surface area contributed by atoms with Crippen molar-refractivity contribution in [3.63, 3.8) is 0 Å². The van der Waals surface area contributed by atoms with E-state index < -0.39 is 17.8 Å². The Morgan fingerprint density at radius 3 is 2.53 bits per heavy atom. The molecule has 1 aliphatic rings. The second kappa shape index (κ2) is 10.8. The Balaban J connectivity index is 1.21. The molecule has 6 nitrogen and oxygen atoms in total. The van der Waals surface area contributed by atoms with Gasteiger partial charge in [-0.1, -0.05) is 6.07 Å². The number of hydrogen-bond donors (Lipinski definition) is 2. The lowest BCUT2D eigenvalue weighted by atomic mass is 9.89. The van der Waals surface area contributed by atoms with Gasteiger partial charge in [0.25, 0.3) is 0 Å². The Morgan fingerprint density at radius 2 is 1.84 bits per heavy atom. The van der Waals surface area contributed by atoms with Crippen LogP contribution in [0, 0.1) is 5.82 Å². The number of aromatic nitrogens is 2. The summed E-state index contributed by atoms with van der Waals surface area (Å²) in [7, 11) is 0. The van der Waals surface area contributed by atoms with Gasteiger partial charge in [0.1, 0.15) is 11.6 Å². The number of anilines is 2. The molecule has 38 heavy (non-hydrogen) atoms. The predicted molar refractivity (Wildman–Crippen MR) is 139 cm³/mol. The third-order valence-corrected chi connectivity index (χ3v) is 6.98. The first-order chi connectivity index (χ1) is 18.3. The van der Waals surface area contributed by atoms with Crippen LogP contribution in [0.2, 0.25) is 0 Å². The number of nitrogens with zero attached hydrogens (tertiary/aromatic N) is 3. The van der Waals surface area contributed by atoms with Gasteiger partial charge in [0.15, 0.2) is 0 Å². The van der Waals surface area contributed by atoms with Crippen molar-refractivity contribution >= 4 is 28.4 Å². The summed E-state index contributed by atoms with van der Waals surface area (Å²) in [6.07, 6.45) is 0.991. The van der Waals surface area contributed by atoms with Crippen molar-refractivity contribution in [3.8, 4) is 0 Å². The van der Waals surface area contributed by atoms with E-state index in [0.29, 0.717) is 24.8 Å². The number of benzene rings is 2. The molecule has 0 spiro atoms. The molecule has 0 bridgehead atoms. The molecule has 198 valence electrons. The standard InChI is InChI=1S/C28H27F4N5O/c29-21-6-9-23-24(18-34-25(23)17-21)19-10-13-36(14-11-19)15-16-37(26-3-1-2-12-33-26)27(38)35-22-7-4-20(5-8-22)28(30,31)32/h1-9,12,17-19,34H,10-11,13-16H2,(H,35,38). The maximum absolute atomic E-state index is 13.5. The second-order valence-corrected chi connectivity index (χ2v) is 9.39. The zero-order chi connectivity index (χ0) is 26.7. The van der Waals surface area contributed by atoms with Gasteiger partial charge in [0, 0.05) is 42.1 Å². The molecule has 0 atom stereocenters. The number of nitrogens with one attached hydrogen (secondary N) is 2. The van der Waals surface area contributed by atoms with Crippen LogP contribution in [0.15, 0.2) is 73.1 Å². The topological polar surface area (TPSA) is 64.3 Å². The summed E-state index contributed by atoms with van der Waals surface area (Å²) in [4.78, 5) is 24.4. The number of carbonyl (C=O) groups excluding carboxylic acids is 1. The lowest BCUT2D eigenvalue weighted by molar-refractivity contribution is -0.137. The molecule has 2 amide bonds. The molecule has 0 unspecified atom stereocenters. The molecule has 1 saturated heterocycles. The molecule has 2 aromatic carbocycles. The summed E-state index contributed by atoms with van der Waals surface area (Å²) in [5.74, 6) is 0.554. The van der Waals surface area contributed by atoms with E-state index in [2.05, 4.69) is 20.2 Å². The van der Waals surface area contributed by atoms with Crippen molar-refractivity contribution in [2.75, 3.05) is 36.4 Å². The molecular formula is C28H27F4N5O. The van der Waals surface area contributed by atoms with Crippen LogP contribution in [-0.2, 0) is 6.18 Å². The Bertz CT molecular complexity index is 1380. The molecule has 3 heterocycles. The van der Waals surface area contributed by atoms with Gasteiger partial charge < -0.3 is 15.2 Å². The number of alkyl halides is 3. The van der Waals surface area contributed by atoms with Gasteiger partial charge in [-0.25, -0.2) is 14.2 Å². The first kappa shape index (κ1) is 25.7. The number of urea groups is 1. The van der Waals surface area contributed by atoms with E-state index >= 15 is 0 Å². The summed E-state index contributed by atoms with van der Waals surface area (Å²) in [6, 6.07) is 13.9. The second-order valence-electron chi connectivity index (χ2n) is 9.39. The normalized spacial score (nSPS) is 15.1. The van der Waals surface area contributed by atoms with Gasteiger partial charge in [-0.2, -0.15) is 13.2 Å². The van der Waals surface area contributed by atoms with Crippen LogP contribution in [-0.4, -0.2) is 47.1 Å². The number of pyridine rings is 1. The monoisotopic (exact) mass is 525 g/mol. The maximum Gasteiger partial charge on any atom is 0.416 e. The van der Waals surface area contributed by atoms with Crippen molar-refractivity contribution in [1.29, 1.82) is 0 Å². The number of aromatic amines is 1.